The zero-order valence-electron chi connectivity index (χ0n) is 69.2. The van der Waals surface area contributed by atoms with Crippen molar-refractivity contribution in [2.24, 2.45) is 11.7 Å². The second-order valence-corrected chi connectivity index (χ2v) is 29.7. The number of thiazole rings is 2. The lowest BCUT2D eigenvalue weighted by Gasteiger charge is -2.25. The Labute approximate surface area is 717 Å². The summed E-state index contributed by atoms with van der Waals surface area (Å²) < 4.78 is 85.2. The summed E-state index contributed by atoms with van der Waals surface area (Å²) >= 11 is 2.67. The van der Waals surface area contributed by atoms with Crippen molar-refractivity contribution in [1.29, 1.82) is 0 Å². The number of nitrogens with one attached hydrogen (secondary N) is 5. The van der Waals surface area contributed by atoms with Crippen LogP contribution in [-0.2, 0) is 114 Å². The number of aryl methyl sites for hydroxylation is 2. The van der Waals surface area contributed by atoms with Gasteiger partial charge in [-0.05, 0) is 104 Å². The third kappa shape index (κ3) is 35.2. The van der Waals surface area contributed by atoms with E-state index in [1.807, 2.05) is 37.3 Å². The average Bonchev–Trinajstić information content (AvgIpc) is 1.69. The molecule has 0 fully saturated rings. The van der Waals surface area contributed by atoms with Crippen molar-refractivity contribution in [3.8, 4) is 17.6 Å². The number of fused-ring (bicyclic) bond motifs is 1. The molecule has 0 bridgehead atoms. The van der Waals surface area contributed by atoms with Crippen molar-refractivity contribution < 1.29 is 115 Å². The van der Waals surface area contributed by atoms with Crippen molar-refractivity contribution in [3.63, 3.8) is 0 Å². The molecule has 39 nitrogen and oxygen atoms in total. The smallest absolute Gasteiger partial charge is 0.410 e. The molecule has 0 spiro atoms. The third-order valence-corrected chi connectivity index (χ3v) is 19.9. The van der Waals surface area contributed by atoms with E-state index in [-0.39, 0.29) is 121 Å². The van der Waals surface area contributed by atoms with E-state index >= 15 is 4.39 Å². The van der Waals surface area contributed by atoms with E-state index in [2.05, 4.69) is 68.9 Å². The van der Waals surface area contributed by atoms with Gasteiger partial charge in [-0.1, -0.05) is 60.4 Å². The maximum Gasteiger partial charge on any atom is 0.410 e. The largest absolute Gasteiger partial charge is 0.491 e. The molecule has 0 saturated carbocycles. The first kappa shape index (κ1) is 97.1. The standard InChI is InChI=1S/C81H105FN16O23S2/c1-54(2)72(88-68(99)22-29-110-32-27-98-69(100)20-21-70(98)101)76(105)86-63(13-8-24-84-78(83)108)75(104)85-59-18-17-57(58(49-59)51-119-53-60-50-97(94-91-60)26-31-112-34-36-114-38-40-116-42-44-118-46-45-117-43-41-115-39-37-113-35-33-111-30-23-71(102)103)52-121-81(109)95(4)25-9-11-56-16-19-64(61(82)48-56)120-28-10-15-66-73(77(106)107)89-80(123-66)96(5)67-47-55(3)74(93-92-67)90-79-87-62-12-6-7-14-65(62)122-79/h6-7,12,14,16-21,47-50,54,63,72H,8,10,13,15,22-46,51-53H2,1-5H3,(H,85,104)(H,86,105)(H,88,99)(H,102,103)(H,106,107)(H3,83,84,108)(H,87,90,93)/t63-,72-/m0/s1. The van der Waals surface area contributed by atoms with Crippen molar-refractivity contribution in [3.05, 3.63) is 129 Å². The van der Waals surface area contributed by atoms with E-state index in [1.54, 1.807) is 60.9 Å². The average molecular weight is 1750 g/mol. The lowest BCUT2D eigenvalue weighted by Crippen LogP contribution is -2.54. The van der Waals surface area contributed by atoms with Crippen LogP contribution in [0.4, 0.5) is 41.6 Å². The molecule has 0 radical (unpaired) electrons. The van der Waals surface area contributed by atoms with Crippen LogP contribution < -0.4 is 42.0 Å². The molecule has 0 saturated heterocycles. The van der Waals surface area contributed by atoms with Crippen LogP contribution in [0.3, 0.4) is 0 Å². The van der Waals surface area contributed by atoms with Gasteiger partial charge in [0.05, 0.1) is 181 Å². The lowest BCUT2D eigenvalue weighted by atomic mass is 10.0. The van der Waals surface area contributed by atoms with Crippen LogP contribution in [0, 0.1) is 30.5 Å². The minimum Gasteiger partial charge on any atom is -0.491 e. The molecule has 9 N–H and O–H groups in total. The minimum absolute atomic E-state index is 0.00910. The van der Waals surface area contributed by atoms with Gasteiger partial charge in [0.1, 0.15) is 24.4 Å². The number of rotatable bonds is 60. The molecule has 8 amide bonds. The fraction of sp³-hybridized carbons (Fsp3) is 0.494. The van der Waals surface area contributed by atoms with Crippen LogP contribution >= 0.6 is 22.7 Å². The van der Waals surface area contributed by atoms with Gasteiger partial charge in [-0.25, -0.2) is 33.4 Å². The molecule has 666 valence electrons. The van der Waals surface area contributed by atoms with Crippen LogP contribution in [0.2, 0.25) is 0 Å². The number of nitrogens with two attached hydrogens (primary N) is 1. The SMILES string of the molecule is Cc1cc(N(C)c2nc(C(=O)O)c(CCCOc3ccc(C#CCN(C)C(=O)OCc4ccc(NC(=O)[C@H](CCCNC(N)=O)NC(=O)[C@@H](NC(=O)CCOCCN5C(=O)C=CC5=O)C(C)C)cc4COCc4cn(CCOCCOCCOCCOCCOCCOCCOCCOCCC(=O)O)nn4)cc3F)s2)nnc1Nc1nc2ccccc2s1. The lowest BCUT2D eigenvalue weighted by molar-refractivity contribution is -0.139. The Bertz CT molecular complexity index is 4630. The Kier molecular flexibility index (Phi) is 42.3. The van der Waals surface area contributed by atoms with Gasteiger partial charge in [-0.3, -0.25) is 33.7 Å². The van der Waals surface area contributed by atoms with Crippen molar-refractivity contribution in [1.82, 2.24) is 60.9 Å². The van der Waals surface area contributed by atoms with E-state index in [0.717, 1.165) is 32.8 Å². The Morgan fingerprint density at radius 3 is 1.93 bits per heavy atom. The summed E-state index contributed by atoms with van der Waals surface area (Å²) in [6.45, 7) is 10.8. The number of carboxylic acid groups (broad SMARTS) is 2. The molecule has 8 rings (SSSR count). The molecule has 7 aromatic rings. The fourth-order valence-electron chi connectivity index (χ4n) is 11.2. The van der Waals surface area contributed by atoms with Gasteiger partial charge in [-0.15, -0.1) is 26.6 Å². The van der Waals surface area contributed by atoms with Crippen LogP contribution in [0.1, 0.15) is 89.3 Å². The number of aromatic carboxylic acids is 1. The number of primary amides is 1. The zero-order valence-corrected chi connectivity index (χ0v) is 70.8. The van der Waals surface area contributed by atoms with Crippen LogP contribution in [0.5, 0.6) is 5.75 Å². The number of imide groups is 1. The zero-order chi connectivity index (χ0) is 88.1. The summed E-state index contributed by atoms with van der Waals surface area (Å²) in [7, 11) is 3.18. The number of aromatic nitrogens is 7. The molecule has 4 aromatic heterocycles. The van der Waals surface area contributed by atoms with Crippen molar-refractivity contribution >= 4 is 114 Å². The first-order chi connectivity index (χ1) is 59.5. The fourth-order valence-corrected chi connectivity index (χ4v) is 13.2. The predicted molar refractivity (Wildman–Crippen MR) is 446 cm³/mol. The number of nitrogens with zero attached hydrogens (tertiary/aromatic N) is 10. The molecular weight excluding hydrogens is 1650 g/mol. The highest BCUT2D eigenvalue weighted by Crippen LogP contribution is 2.34. The molecular formula is C81H105FN16O23S2. The van der Waals surface area contributed by atoms with Crippen molar-refractivity contribution in [2.75, 3.05) is 175 Å². The molecule has 123 heavy (non-hydrogen) atoms. The van der Waals surface area contributed by atoms with Gasteiger partial charge >= 0.3 is 24.1 Å². The number of benzene rings is 3. The van der Waals surface area contributed by atoms with Crippen LogP contribution in [0.25, 0.3) is 10.2 Å². The number of carboxylic acids is 2. The normalized spacial score (nSPS) is 12.3. The number of para-hydroxylation sites is 1. The van der Waals surface area contributed by atoms with Crippen molar-refractivity contribution in [2.45, 2.75) is 97.7 Å². The molecule has 5 heterocycles. The highest BCUT2D eigenvalue weighted by Gasteiger charge is 2.30. The molecule has 0 unspecified atom stereocenters. The quantitative estimate of drug-likeness (QED) is 0.0121. The summed E-state index contributed by atoms with van der Waals surface area (Å²) in [6.07, 6.45) is 3.80. The van der Waals surface area contributed by atoms with Gasteiger partial charge in [-0.2, -0.15) is 0 Å². The third-order valence-electron chi connectivity index (χ3n) is 17.8. The summed E-state index contributed by atoms with van der Waals surface area (Å²) in [6, 6.07) is 15.4. The Hall–Kier alpha value is -11.3. The number of halogens is 1. The Morgan fingerprint density at radius 1 is 0.659 bits per heavy atom. The highest BCUT2D eigenvalue weighted by molar-refractivity contribution is 7.22. The van der Waals surface area contributed by atoms with E-state index < -0.39 is 77.4 Å². The summed E-state index contributed by atoms with van der Waals surface area (Å²) in [4.78, 5) is 127. The number of urea groups is 1. The molecule has 3 aromatic carbocycles. The number of anilines is 5. The second-order valence-electron chi connectivity index (χ2n) is 27.6. The van der Waals surface area contributed by atoms with E-state index in [1.165, 1.54) is 46.8 Å². The maximum atomic E-state index is 15.5. The summed E-state index contributed by atoms with van der Waals surface area (Å²) in [5.41, 5.74) is 8.77. The molecule has 1 aliphatic heterocycles. The molecule has 2 atom stereocenters. The van der Waals surface area contributed by atoms with Crippen LogP contribution in [0.15, 0.2) is 85.1 Å². The second kappa shape index (κ2) is 53.5. The number of aliphatic carboxylic acids is 1. The Morgan fingerprint density at radius 2 is 1.30 bits per heavy atom. The predicted octanol–water partition coefficient (Wildman–Crippen LogP) is 6.09. The number of hydrogen-bond donors (Lipinski definition) is 8. The van der Waals surface area contributed by atoms with E-state index in [9.17, 15) is 48.3 Å². The van der Waals surface area contributed by atoms with Crippen LogP contribution in [-0.4, -0.2) is 280 Å². The van der Waals surface area contributed by atoms with Gasteiger partial charge < -0.3 is 109 Å². The monoisotopic (exact) mass is 1750 g/mol. The number of carbonyl (C=O) groups is 9. The molecule has 1 aliphatic rings. The van der Waals surface area contributed by atoms with Gasteiger partial charge in [0.15, 0.2) is 39.2 Å². The van der Waals surface area contributed by atoms with Gasteiger partial charge in [0, 0.05) is 55.3 Å². The van der Waals surface area contributed by atoms with Gasteiger partial charge in [0.2, 0.25) is 17.7 Å². The maximum absolute atomic E-state index is 15.5. The summed E-state index contributed by atoms with van der Waals surface area (Å²) in [5.74, 6) is 0.529. The van der Waals surface area contributed by atoms with Gasteiger partial charge in [0.25, 0.3) is 11.8 Å². The van der Waals surface area contributed by atoms with E-state index in [4.69, 9.17) is 67.7 Å². The Balaban J connectivity index is 0.792. The van der Waals surface area contributed by atoms with E-state index in [0.29, 0.717) is 156 Å². The first-order valence-electron chi connectivity index (χ1n) is 39.7. The topological polar surface area (TPSA) is 483 Å². The number of carbonyl (C=O) groups excluding carboxylic acids is 7. The highest BCUT2D eigenvalue weighted by atomic mass is 32.1. The number of amides is 8. The summed E-state index contributed by atoms with van der Waals surface area (Å²) in [5, 5.41) is 50.9. The molecule has 0 aliphatic carbocycles. The number of hydrogen-bond acceptors (Lipinski definition) is 31. The number of ether oxygens (including phenoxy) is 12. The minimum atomic E-state index is -1.22. The molecule has 42 heteroatoms. The first-order valence-corrected chi connectivity index (χ1v) is 41.3.